The lowest BCUT2D eigenvalue weighted by molar-refractivity contribution is 0.413. The summed E-state index contributed by atoms with van der Waals surface area (Å²) >= 11 is 0. The molecule has 20 heavy (non-hydrogen) atoms. The minimum absolute atomic E-state index is 0.325. The predicted octanol–water partition coefficient (Wildman–Crippen LogP) is 3.60. The molecule has 0 saturated carbocycles. The first-order chi connectivity index (χ1) is 9.62. The maximum atomic E-state index is 5.98. The van der Waals surface area contributed by atoms with E-state index in [9.17, 15) is 0 Å². The minimum atomic E-state index is 0.325. The first-order valence-electron chi connectivity index (χ1n) is 7.03. The maximum absolute atomic E-state index is 5.98. The summed E-state index contributed by atoms with van der Waals surface area (Å²) in [4.78, 5) is 0. The van der Waals surface area contributed by atoms with E-state index < -0.39 is 0 Å². The third-order valence-electron chi connectivity index (χ3n) is 3.61. The average molecular weight is 269 g/mol. The molecule has 2 heteroatoms. The van der Waals surface area contributed by atoms with Gasteiger partial charge in [-0.3, -0.25) is 0 Å². The molecule has 0 bridgehead atoms. The van der Waals surface area contributed by atoms with Gasteiger partial charge in [0.15, 0.2) is 0 Å². The van der Waals surface area contributed by atoms with Gasteiger partial charge in [0.2, 0.25) is 0 Å². The van der Waals surface area contributed by atoms with Crippen LogP contribution in [0.15, 0.2) is 42.5 Å². The Balaban J connectivity index is 2.23. The van der Waals surface area contributed by atoms with Gasteiger partial charge in [0.1, 0.15) is 5.75 Å². The monoisotopic (exact) mass is 269 g/mol. The van der Waals surface area contributed by atoms with Gasteiger partial charge in [-0.15, -0.1) is 0 Å². The lowest BCUT2D eigenvalue weighted by Crippen LogP contribution is -2.15. The number of hydrogen-bond acceptors (Lipinski definition) is 2. The molecular weight excluding hydrogens is 246 g/mol. The fourth-order valence-electron chi connectivity index (χ4n) is 2.70. The van der Waals surface area contributed by atoms with Crippen molar-refractivity contribution in [1.82, 2.24) is 0 Å². The number of hydrogen-bond donors (Lipinski definition) is 1. The van der Waals surface area contributed by atoms with Gasteiger partial charge in [0.25, 0.3) is 0 Å². The van der Waals surface area contributed by atoms with Crippen molar-refractivity contribution in [3.8, 4) is 5.75 Å². The molecule has 0 amide bonds. The zero-order chi connectivity index (χ0) is 14.5. The van der Waals surface area contributed by atoms with Crippen LogP contribution in [0.3, 0.4) is 0 Å². The minimum Gasteiger partial charge on any atom is -0.497 e. The molecule has 2 nitrogen and oxygen atoms in total. The largest absolute Gasteiger partial charge is 0.497 e. The average Bonchev–Trinajstić information content (AvgIpc) is 2.44. The van der Waals surface area contributed by atoms with E-state index in [1.165, 1.54) is 22.3 Å². The fraction of sp³-hybridized carbons (Fsp3) is 0.333. The highest BCUT2D eigenvalue weighted by atomic mass is 16.5. The van der Waals surface area contributed by atoms with Gasteiger partial charge in [-0.05, 0) is 50.1 Å². The van der Waals surface area contributed by atoms with Crippen molar-refractivity contribution in [2.45, 2.75) is 26.2 Å². The molecule has 0 radical (unpaired) electrons. The van der Waals surface area contributed by atoms with Crippen LogP contribution in [0.25, 0.3) is 0 Å². The van der Waals surface area contributed by atoms with Crippen molar-refractivity contribution in [2.75, 3.05) is 13.7 Å². The third kappa shape index (κ3) is 3.61. The van der Waals surface area contributed by atoms with E-state index in [2.05, 4.69) is 44.2 Å². The van der Waals surface area contributed by atoms with E-state index in [-0.39, 0.29) is 0 Å². The normalized spacial score (nSPS) is 12.2. The molecule has 2 aromatic rings. The molecule has 0 aliphatic rings. The van der Waals surface area contributed by atoms with Gasteiger partial charge in [-0.25, -0.2) is 0 Å². The van der Waals surface area contributed by atoms with E-state index in [4.69, 9.17) is 10.5 Å². The van der Waals surface area contributed by atoms with Crippen LogP contribution in [0.1, 0.15) is 28.2 Å². The molecule has 0 saturated heterocycles. The van der Waals surface area contributed by atoms with Gasteiger partial charge in [-0.2, -0.15) is 0 Å². The Labute approximate surface area is 121 Å². The lowest BCUT2D eigenvalue weighted by atomic mass is 9.91. The van der Waals surface area contributed by atoms with Crippen LogP contribution in [0, 0.1) is 13.8 Å². The second-order valence-electron chi connectivity index (χ2n) is 5.41. The van der Waals surface area contributed by atoms with Gasteiger partial charge in [-0.1, -0.05) is 41.5 Å². The first-order valence-corrected chi connectivity index (χ1v) is 7.03. The Morgan fingerprint density at radius 3 is 2.35 bits per heavy atom. The van der Waals surface area contributed by atoms with Crippen LogP contribution < -0.4 is 10.5 Å². The highest BCUT2D eigenvalue weighted by Crippen LogP contribution is 2.24. The molecule has 1 unspecified atom stereocenters. The second-order valence-corrected chi connectivity index (χ2v) is 5.41. The Morgan fingerprint density at radius 2 is 1.75 bits per heavy atom. The smallest absolute Gasteiger partial charge is 0.119 e. The van der Waals surface area contributed by atoms with Crippen LogP contribution in [-0.4, -0.2) is 13.7 Å². The standard InChI is InChI=1S/C18H23NO/c1-13-7-14(2)9-15(8-13)10-17(12-19)16-5-4-6-18(11-16)20-3/h4-9,11,17H,10,12,19H2,1-3H3. The fourth-order valence-corrected chi connectivity index (χ4v) is 2.70. The number of aryl methyl sites for hydroxylation is 2. The molecule has 0 aliphatic carbocycles. The lowest BCUT2D eigenvalue weighted by Gasteiger charge is -2.17. The summed E-state index contributed by atoms with van der Waals surface area (Å²) in [6.07, 6.45) is 0.964. The predicted molar refractivity (Wildman–Crippen MR) is 84.4 cm³/mol. The summed E-state index contributed by atoms with van der Waals surface area (Å²) in [5.74, 6) is 1.22. The van der Waals surface area contributed by atoms with Gasteiger partial charge in [0, 0.05) is 5.92 Å². The van der Waals surface area contributed by atoms with Crippen LogP contribution in [0.2, 0.25) is 0 Å². The van der Waals surface area contributed by atoms with E-state index in [0.717, 1.165) is 12.2 Å². The summed E-state index contributed by atoms with van der Waals surface area (Å²) in [7, 11) is 1.69. The zero-order valence-corrected chi connectivity index (χ0v) is 12.5. The van der Waals surface area contributed by atoms with Crippen molar-refractivity contribution < 1.29 is 4.74 Å². The van der Waals surface area contributed by atoms with Crippen molar-refractivity contribution in [3.63, 3.8) is 0 Å². The van der Waals surface area contributed by atoms with Gasteiger partial charge in [0.05, 0.1) is 7.11 Å². The van der Waals surface area contributed by atoms with Crippen molar-refractivity contribution in [2.24, 2.45) is 5.73 Å². The Hall–Kier alpha value is -1.80. The number of nitrogens with two attached hydrogens (primary N) is 1. The highest BCUT2D eigenvalue weighted by Gasteiger charge is 2.12. The zero-order valence-electron chi connectivity index (χ0n) is 12.5. The van der Waals surface area contributed by atoms with Crippen molar-refractivity contribution >= 4 is 0 Å². The van der Waals surface area contributed by atoms with E-state index in [1.54, 1.807) is 7.11 Å². The van der Waals surface area contributed by atoms with Crippen LogP contribution in [0.5, 0.6) is 5.75 Å². The Kier molecular flexibility index (Phi) is 4.80. The van der Waals surface area contributed by atoms with Crippen LogP contribution >= 0.6 is 0 Å². The van der Waals surface area contributed by atoms with Crippen LogP contribution in [-0.2, 0) is 6.42 Å². The molecule has 0 spiro atoms. The molecule has 0 fully saturated rings. The maximum Gasteiger partial charge on any atom is 0.119 e. The summed E-state index contributed by atoms with van der Waals surface area (Å²) < 4.78 is 5.30. The number of rotatable bonds is 5. The molecular formula is C18H23NO. The second kappa shape index (κ2) is 6.58. The van der Waals surface area contributed by atoms with E-state index >= 15 is 0 Å². The highest BCUT2D eigenvalue weighted by molar-refractivity contribution is 5.34. The molecule has 0 heterocycles. The SMILES string of the molecule is COc1cccc(C(CN)Cc2cc(C)cc(C)c2)c1. The summed E-state index contributed by atoms with van der Waals surface area (Å²) in [5.41, 5.74) is 11.2. The molecule has 0 aromatic heterocycles. The summed E-state index contributed by atoms with van der Waals surface area (Å²) in [6, 6.07) is 14.9. The number of methoxy groups -OCH3 is 1. The topological polar surface area (TPSA) is 35.2 Å². The molecule has 2 rings (SSSR count). The molecule has 0 aliphatic heterocycles. The summed E-state index contributed by atoms with van der Waals surface area (Å²) in [6.45, 7) is 4.92. The van der Waals surface area contributed by atoms with Gasteiger partial charge >= 0.3 is 0 Å². The Morgan fingerprint density at radius 1 is 1.05 bits per heavy atom. The number of benzene rings is 2. The molecule has 1 atom stereocenters. The van der Waals surface area contributed by atoms with Gasteiger partial charge < -0.3 is 10.5 Å². The van der Waals surface area contributed by atoms with Crippen molar-refractivity contribution in [1.29, 1.82) is 0 Å². The molecule has 106 valence electrons. The Bertz CT molecular complexity index is 557. The van der Waals surface area contributed by atoms with Crippen LogP contribution in [0.4, 0.5) is 0 Å². The molecule has 2 N–H and O–H groups in total. The van der Waals surface area contributed by atoms with E-state index in [0.29, 0.717) is 12.5 Å². The quantitative estimate of drug-likeness (QED) is 0.900. The van der Waals surface area contributed by atoms with Crippen molar-refractivity contribution in [3.05, 3.63) is 64.7 Å². The van der Waals surface area contributed by atoms with E-state index in [1.807, 2.05) is 12.1 Å². The number of ether oxygens (including phenoxy) is 1. The molecule has 2 aromatic carbocycles. The summed E-state index contributed by atoms with van der Waals surface area (Å²) in [5, 5.41) is 0. The third-order valence-corrected chi connectivity index (χ3v) is 3.61. The first kappa shape index (κ1) is 14.6.